The standard InChI is InChI=1S/C23H27N3O4/c1-15(2)25-23(29)24-14-16-8-10-18(11-9-16)22(28)30-20(17-6-4-3-5-7-17)21(27)26-19-12-13-19/h3-11,15,19-20H,12-14H2,1-2H3,(H,26,27)(H2,24,25,29)/t20-/m1/s1. The average Bonchev–Trinajstić information content (AvgIpc) is 3.54. The number of benzene rings is 2. The minimum Gasteiger partial charge on any atom is -0.444 e. The molecule has 2 aromatic rings. The van der Waals surface area contributed by atoms with Gasteiger partial charge >= 0.3 is 12.0 Å². The number of urea groups is 1. The SMILES string of the molecule is CC(C)NC(=O)NCc1ccc(C(=O)O[C@@H](C(=O)NC2CC2)c2ccccc2)cc1. The van der Waals surface area contributed by atoms with Crippen molar-refractivity contribution in [3.8, 4) is 0 Å². The molecule has 158 valence electrons. The lowest BCUT2D eigenvalue weighted by atomic mass is 10.1. The molecule has 1 fully saturated rings. The van der Waals surface area contributed by atoms with Crippen molar-refractivity contribution in [1.82, 2.24) is 16.0 Å². The lowest BCUT2D eigenvalue weighted by Gasteiger charge is -2.18. The molecule has 3 N–H and O–H groups in total. The Balaban J connectivity index is 1.62. The summed E-state index contributed by atoms with van der Waals surface area (Å²) in [4.78, 5) is 36.9. The van der Waals surface area contributed by atoms with E-state index in [2.05, 4.69) is 16.0 Å². The second-order valence-electron chi connectivity index (χ2n) is 7.66. The monoisotopic (exact) mass is 409 g/mol. The molecule has 1 saturated carbocycles. The minimum absolute atomic E-state index is 0.0526. The fourth-order valence-corrected chi connectivity index (χ4v) is 2.83. The van der Waals surface area contributed by atoms with Crippen LogP contribution in [0.1, 0.15) is 54.3 Å². The Hall–Kier alpha value is -3.35. The van der Waals surface area contributed by atoms with Crippen LogP contribution in [0, 0.1) is 0 Å². The molecule has 0 saturated heterocycles. The summed E-state index contributed by atoms with van der Waals surface area (Å²) >= 11 is 0. The first-order chi connectivity index (χ1) is 14.4. The van der Waals surface area contributed by atoms with Crippen LogP contribution in [0.5, 0.6) is 0 Å². The number of carbonyl (C=O) groups excluding carboxylic acids is 3. The Morgan fingerprint density at radius 3 is 2.27 bits per heavy atom. The van der Waals surface area contributed by atoms with E-state index in [1.165, 1.54) is 0 Å². The molecule has 3 amide bonds. The Labute approximate surface area is 176 Å². The smallest absolute Gasteiger partial charge is 0.339 e. The van der Waals surface area contributed by atoms with Gasteiger partial charge < -0.3 is 20.7 Å². The van der Waals surface area contributed by atoms with Crippen LogP contribution in [0.3, 0.4) is 0 Å². The molecule has 7 heteroatoms. The maximum Gasteiger partial charge on any atom is 0.339 e. The second-order valence-corrected chi connectivity index (χ2v) is 7.66. The van der Waals surface area contributed by atoms with Crippen molar-refractivity contribution in [1.29, 1.82) is 0 Å². The van der Waals surface area contributed by atoms with Gasteiger partial charge in [-0.3, -0.25) is 4.79 Å². The van der Waals surface area contributed by atoms with Crippen molar-refractivity contribution < 1.29 is 19.1 Å². The number of esters is 1. The molecule has 3 rings (SSSR count). The summed E-state index contributed by atoms with van der Waals surface area (Å²) in [7, 11) is 0. The normalized spacial score (nSPS) is 14.0. The van der Waals surface area contributed by atoms with Crippen molar-refractivity contribution >= 4 is 17.9 Å². The van der Waals surface area contributed by atoms with Gasteiger partial charge in [0.15, 0.2) is 0 Å². The first-order valence-electron chi connectivity index (χ1n) is 10.1. The number of rotatable bonds is 8. The average molecular weight is 409 g/mol. The predicted molar refractivity (Wildman–Crippen MR) is 113 cm³/mol. The van der Waals surface area contributed by atoms with E-state index < -0.39 is 12.1 Å². The van der Waals surface area contributed by atoms with Crippen molar-refractivity contribution in [3.05, 3.63) is 71.3 Å². The summed E-state index contributed by atoms with van der Waals surface area (Å²) in [5, 5.41) is 8.40. The lowest BCUT2D eigenvalue weighted by molar-refractivity contribution is -0.130. The maximum absolute atomic E-state index is 12.7. The van der Waals surface area contributed by atoms with E-state index in [1.54, 1.807) is 48.5 Å². The topological polar surface area (TPSA) is 96.5 Å². The largest absolute Gasteiger partial charge is 0.444 e. The maximum atomic E-state index is 12.7. The van der Waals surface area contributed by atoms with Crippen LogP contribution in [-0.2, 0) is 16.1 Å². The number of carbonyl (C=O) groups is 3. The van der Waals surface area contributed by atoms with Crippen LogP contribution in [0.25, 0.3) is 0 Å². The molecule has 0 spiro atoms. The number of hydrogen-bond donors (Lipinski definition) is 3. The summed E-state index contributed by atoms with van der Waals surface area (Å²) < 4.78 is 5.56. The van der Waals surface area contributed by atoms with Gasteiger partial charge in [-0.1, -0.05) is 42.5 Å². The van der Waals surface area contributed by atoms with Crippen LogP contribution in [0.4, 0.5) is 4.79 Å². The predicted octanol–water partition coefficient (Wildman–Crippen LogP) is 3.07. The van der Waals surface area contributed by atoms with Crippen LogP contribution in [-0.4, -0.2) is 30.0 Å². The third-order valence-electron chi connectivity index (χ3n) is 4.55. The van der Waals surface area contributed by atoms with Crippen LogP contribution < -0.4 is 16.0 Å². The van der Waals surface area contributed by atoms with E-state index in [0.717, 1.165) is 18.4 Å². The third kappa shape index (κ3) is 6.34. The van der Waals surface area contributed by atoms with Crippen LogP contribution >= 0.6 is 0 Å². The highest BCUT2D eigenvalue weighted by atomic mass is 16.5. The van der Waals surface area contributed by atoms with Gasteiger partial charge in [-0.2, -0.15) is 0 Å². The van der Waals surface area contributed by atoms with Gasteiger partial charge in [-0.25, -0.2) is 9.59 Å². The van der Waals surface area contributed by atoms with Crippen molar-refractivity contribution in [2.75, 3.05) is 0 Å². The minimum atomic E-state index is -1.000. The van der Waals surface area contributed by atoms with Gasteiger partial charge in [-0.15, -0.1) is 0 Å². The second kappa shape index (κ2) is 9.91. The van der Waals surface area contributed by atoms with Crippen LogP contribution in [0.2, 0.25) is 0 Å². The number of amides is 3. The summed E-state index contributed by atoms with van der Waals surface area (Å²) in [5.41, 5.74) is 1.81. The first-order valence-corrected chi connectivity index (χ1v) is 10.1. The molecule has 0 aromatic heterocycles. The van der Waals surface area contributed by atoms with E-state index >= 15 is 0 Å². The van der Waals surface area contributed by atoms with Crippen molar-refractivity contribution in [2.45, 2.75) is 51.4 Å². The number of ether oxygens (including phenoxy) is 1. The van der Waals surface area contributed by atoms with E-state index in [1.807, 2.05) is 19.9 Å². The molecule has 1 atom stereocenters. The lowest BCUT2D eigenvalue weighted by Crippen LogP contribution is -2.39. The summed E-state index contributed by atoms with van der Waals surface area (Å²) in [6.07, 6.45) is 0.901. The Bertz CT molecular complexity index is 877. The molecule has 0 aliphatic heterocycles. The van der Waals surface area contributed by atoms with Gasteiger partial charge in [0.25, 0.3) is 5.91 Å². The molecular formula is C23H27N3O4. The van der Waals surface area contributed by atoms with E-state index in [-0.39, 0.29) is 24.0 Å². The number of hydrogen-bond acceptors (Lipinski definition) is 4. The summed E-state index contributed by atoms with van der Waals surface area (Å²) in [6, 6.07) is 15.7. The molecule has 1 aliphatic carbocycles. The molecule has 2 aromatic carbocycles. The quantitative estimate of drug-likeness (QED) is 0.584. The Morgan fingerprint density at radius 1 is 1.00 bits per heavy atom. The fourth-order valence-electron chi connectivity index (χ4n) is 2.83. The Kier molecular flexibility index (Phi) is 7.06. The molecule has 0 radical (unpaired) electrons. The molecule has 7 nitrogen and oxygen atoms in total. The van der Waals surface area contributed by atoms with E-state index in [0.29, 0.717) is 17.7 Å². The highest BCUT2D eigenvalue weighted by Crippen LogP contribution is 2.24. The number of nitrogens with one attached hydrogen (secondary N) is 3. The van der Waals surface area contributed by atoms with E-state index in [9.17, 15) is 14.4 Å². The van der Waals surface area contributed by atoms with Crippen molar-refractivity contribution in [3.63, 3.8) is 0 Å². The molecular weight excluding hydrogens is 382 g/mol. The molecule has 1 aliphatic rings. The van der Waals surface area contributed by atoms with Gasteiger partial charge in [0.1, 0.15) is 0 Å². The van der Waals surface area contributed by atoms with Crippen LogP contribution in [0.15, 0.2) is 54.6 Å². The fraction of sp³-hybridized carbons (Fsp3) is 0.348. The molecule has 0 heterocycles. The van der Waals surface area contributed by atoms with Gasteiger partial charge in [0.2, 0.25) is 6.10 Å². The van der Waals surface area contributed by atoms with Gasteiger partial charge in [0.05, 0.1) is 5.56 Å². The zero-order valence-electron chi connectivity index (χ0n) is 17.2. The summed E-state index contributed by atoms with van der Waals surface area (Å²) in [5.74, 6) is -0.888. The zero-order chi connectivity index (χ0) is 21.5. The highest BCUT2D eigenvalue weighted by molar-refractivity contribution is 5.92. The zero-order valence-corrected chi connectivity index (χ0v) is 17.2. The van der Waals surface area contributed by atoms with Gasteiger partial charge in [-0.05, 0) is 44.4 Å². The Morgan fingerprint density at radius 2 is 1.67 bits per heavy atom. The highest BCUT2D eigenvalue weighted by Gasteiger charge is 2.31. The third-order valence-corrected chi connectivity index (χ3v) is 4.55. The first kappa shape index (κ1) is 21.4. The van der Waals surface area contributed by atoms with Crippen molar-refractivity contribution in [2.24, 2.45) is 0 Å². The molecule has 0 bridgehead atoms. The van der Waals surface area contributed by atoms with E-state index in [4.69, 9.17) is 4.74 Å². The summed E-state index contributed by atoms with van der Waals surface area (Å²) in [6.45, 7) is 4.10. The molecule has 0 unspecified atom stereocenters. The van der Waals surface area contributed by atoms with Gasteiger partial charge in [0, 0.05) is 24.2 Å². The molecule has 30 heavy (non-hydrogen) atoms.